The molecule has 1 aliphatic rings. The summed E-state index contributed by atoms with van der Waals surface area (Å²) < 4.78 is 5.78. The summed E-state index contributed by atoms with van der Waals surface area (Å²) in [7, 11) is 0. The van der Waals surface area contributed by atoms with Gasteiger partial charge in [-0.2, -0.15) is 0 Å². The largest absolute Gasteiger partial charge is 0.395 e. The molecular formula is C10H21NO2S. The number of hydrogen-bond donors (Lipinski definition) is 2. The van der Waals surface area contributed by atoms with Gasteiger partial charge < -0.3 is 14.7 Å². The summed E-state index contributed by atoms with van der Waals surface area (Å²) in [5.74, 6) is 0. The van der Waals surface area contributed by atoms with Crippen molar-refractivity contribution in [1.29, 1.82) is 0 Å². The monoisotopic (exact) mass is 219 g/mol. The first kappa shape index (κ1) is 12.3. The van der Waals surface area contributed by atoms with Gasteiger partial charge in [0.05, 0.1) is 12.7 Å². The molecule has 0 unspecified atom stereocenters. The van der Waals surface area contributed by atoms with Gasteiger partial charge in [0.25, 0.3) is 0 Å². The van der Waals surface area contributed by atoms with Crippen LogP contribution in [0.1, 0.15) is 26.7 Å². The first-order chi connectivity index (χ1) is 6.51. The van der Waals surface area contributed by atoms with E-state index < -0.39 is 0 Å². The zero-order chi connectivity index (χ0) is 10.6. The number of thiol groups is 1. The number of rotatable bonds is 4. The van der Waals surface area contributed by atoms with Gasteiger partial charge >= 0.3 is 0 Å². The Morgan fingerprint density at radius 3 is 2.43 bits per heavy atom. The second kappa shape index (κ2) is 5.35. The quantitative estimate of drug-likeness (QED) is 0.549. The minimum Gasteiger partial charge on any atom is -0.395 e. The summed E-state index contributed by atoms with van der Waals surface area (Å²) >= 11 is 4.35. The highest BCUT2D eigenvalue weighted by Gasteiger charge is 2.24. The summed E-state index contributed by atoms with van der Waals surface area (Å²) in [6.45, 7) is 7.02. The Labute approximate surface area is 91.8 Å². The molecule has 1 aliphatic heterocycles. The van der Waals surface area contributed by atoms with Gasteiger partial charge in [-0.1, -0.05) is 0 Å². The van der Waals surface area contributed by atoms with Crippen molar-refractivity contribution in [3.8, 4) is 0 Å². The third-order valence-corrected chi connectivity index (χ3v) is 2.51. The fourth-order valence-electron chi connectivity index (χ4n) is 1.80. The predicted octanol–water partition coefficient (Wildman–Crippen LogP) is 1.13. The molecule has 1 saturated heterocycles. The van der Waals surface area contributed by atoms with Gasteiger partial charge in [0.2, 0.25) is 0 Å². The van der Waals surface area contributed by atoms with Gasteiger partial charge in [0, 0.05) is 19.6 Å². The molecule has 0 saturated carbocycles. The van der Waals surface area contributed by atoms with E-state index in [2.05, 4.69) is 17.5 Å². The van der Waals surface area contributed by atoms with E-state index in [0.29, 0.717) is 6.10 Å². The maximum absolute atomic E-state index is 8.79. The van der Waals surface area contributed by atoms with E-state index >= 15 is 0 Å². The van der Waals surface area contributed by atoms with Crippen LogP contribution in [0.2, 0.25) is 0 Å². The standard InChI is InChI=1S/C10H21NO2S/c1-10(2,14)13-9-3-5-11(6-4-9)7-8-12/h9,12,14H,3-8H2,1-2H3. The molecule has 1 N–H and O–H groups in total. The maximum atomic E-state index is 8.79. The molecule has 4 heteroatoms. The highest BCUT2D eigenvalue weighted by atomic mass is 32.1. The fraction of sp³-hybridized carbons (Fsp3) is 1.00. The second-order valence-electron chi connectivity index (χ2n) is 4.33. The zero-order valence-electron chi connectivity index (χ0n) is 9.07. The van der Waals surface area contributed by atoms with Crippen LogP contribution in [0.3, 0.4) is 0 Å². The van der Waals surface area contributed by atoms with E-state index in [1.54, 1.807) is 0 Å². The smallest absolute Gasteiger partial charge is 0.105 e. The van der Waals surface area contributed by atoms with Crippen LogP contribution < -0.4 is 0 Å². The minimum atomic E-state index is -0.330. The highest BCUT2D eigenvalue weighted by molar-refractivity contribution is 7.81. The van der Waals surface area contributed by atoms with Crippen LogP contribution in [0, 0.1) is 0 Å². The van der Waals surface area contributed by atoms with Crippen molar-refractivity contribution in [2.45, 2.75) is 37.7 Å². The van der Waals surface area contributed by atoms with Gasteiger partial charge in [-0.3, -0.25) is 0 Å². The van der Waals surface area contributed by atoms with E-state index in [-0.39, 0.29) is 11.5 Å². The molecular weight excluding hydrogens is 198 g/mol. The Morgan fingerprint density at radius 1 is 1.43 bits per heavy atom. The average molecular weight is 219 g/mol. The highest BCUT2D eigenvalue weighted by Crippen LogP contribution is 2.22. The molecule has 3 nitrogen and oxygen atoms in total. The molecule has 0 radical (unpaired) electrons. The first-order valence-electron chi connectivity index (χ1n) is 5.24. The van der Waals surface area contributed by atoms with E-state index in [1.807, 2.05) is 13.8 Å². The normalized spacial score (nSPS) is 21.4. The molecule has 0 spiro atoms. The van der Waals surface area contributed by atoms with Gasteiger partial charge in [-0.25, -0.2) is 0 Å². The number of aliphatic hydroxyl groups excluding tert-OH is 1. The van der Waals surface area contributed by atoms with Crippen molar-refractivity contribution in [1.82, 2.24) is 4.90 Å². The van der Waals surface area contributed by atoms with Gasteiger partial charge in [-0.05, 0) is 26.7 Å². The number of aliphatic hydroxyl groups is 1. The number of nitrogens with zero attached hydrogens (tertiary/aromatic N) is 1. The molecule has 0 amide bonds. The molecule has 1 rings (SSSR count). The Kier molecular flexibility index (Phi) is 4.70. The summed E-state index contributed by atoms with van der Waals surface area (Å²) in [5.41, 5.74) is 0. The molecule has 0 aromatic heterocycles. The van der Waals surface area contributed by atoms with Crippen molar-refractivity contribution < 1.29 is 9.84 Å². The molecule has 0 bridgehead atoms. The average Bonchev–Trinajstić information content (AvgIpc) is 2.06. The van der Waals surface area contributed by atoms with Crippen molar-refractivity contribution in [3.63, 3.8) is 0 Å². The van der Waals surface area contributed by atoms with Gasteiger partial charge in [0.15, 0.2) is 0 Å². The Hall–Kier alpha value is 0.230. The van der Waals surface area contributed by atoms with Crippen LogP contribution >= 0.6 is 12.6 Å². The van der Waals surface area contributed by atoms with E-state index in [4.69, 9.17) is 9.84 Å². The molecule has 0 aromatic carbocycles. The molecule has 14 heavy (non-hydrogen) atoms. The van der Waals surface area contributed by atoms with E-state index in [9.17, 15) is 0 Å². The number of ether oxygens (including phenoxy) is 1. The lowest BCUT2D eigenvalue weighted by Gasteiger charge is -2.34. The SMILES string of the molecule is CC(C)(S)OC1CCN(CCO)CC1. The van der Waals surface area contributed by atoms with Crippen molar-refractivity contribution >= 4 is 12.6 Å². The van der Waals surface area contributed by atoms with E-state index in [0.717, 1.165) is 32.5 Å². The number of likely N-dealkylation sites (tertiary alicyclic amines) is 1. The van der Waals surface area contributed by atoms with Crippen molar-refractivity contribution in [3.05, 3.63) is 0 Å². The zero-order valence-corrected chi connectivity index (χ0v) is 9.96. The topological polar surface area (TPSA) is 32.7 Å². The third-order valence-electron chi connectivity index (χ3n) is 2.41. The van der Waals surface area contributed by atoms with Crippen LogP contribution in [-0.2, 0) is 4.74 Å². The van der Waals surface area contributed by atoms with E-state index in [1.165, 1.54) is 0 Å². The Balaban J connectivity index is 2.22. The van der Waals surface area contributed by atoms with Crippen molar-refractivity contribution in [2.75, 3.05) is 26.2 Å². The summed E-state index contributed by atoms with van der Waals surface area (Å²) in [5, 5.41) is 8.79. The molecule has 0 aromatic rings. The second-order valence-corrected chi connectivity index (χ2v) is 5.41. The minimum absolute atomic E-state index is 0.254. The Morgan fingerprint density at radius 2 is 2.00 bits per heavy atom. The summed E-state index contributed by atoms with van der Waals surface area (Å²) in [4.78, 5) is 1.94. The first-order valence-corrected chi connectivity index (χ1v) is 5.69. The summed E-state index contributed by atoms with van der Waals surface area (Å²) in [6, 6.07) is 0. The van der Waals surface area contributed by atoms with Crippen LogP contribution in [0.25, 0.3) is 0 Å². The number of β-amino-alcohol motifs (C(OH)–C–C–N with tert-alkyl or cyclic N) is 1. The summed E-state index contributed by atoms with van der Waals surface area (Å²) in [6.07, 6.45) is 2.42. The van der Waals surface area contributed by atoms with Crippen molar-refractivity contribution in [2.24, 2.45) is 0 Å². The van der Waals surface area contributed by atoms with Crippen LogP contribution in [0.5, 0.6) is 0 Å². The third kappa shape index (κ3) is 4.64. The lowest BCUT2D eigenvalue weighted by atomic mass is 10.1. The number of hydrogen-bond acceptors (Lipinski definition) is 4. The van der Waals surface area contributed by atoms with Gasteiger partial charge in [0.1, 0.15) is 4.93 Å². The molecule has 84 valence electrons. The van der Waals surface area contributed by atoms with Crippen LogP contribution in [-0.4, -0.2) is 47.3 Å². The fourth-order valence-corrected chi connectivity index (χ4v) is 1.95. The van der Waals surface area contributed by atoms with Crippen LogP contribution in [0.4, 0.5) is 0 Å². The lowest BCUT2D eigenvalue weighted by Crippen LogP contribution is -2.40. The molecule has 0 atom stereocenters. The van der Waals surface area contributed by atoms with Gasteiger partial charge in [-0.15, -0.1) is 12.6 Å². The Bertz CT molecular complexity index is 162. The molecule has 1 heterocycles. The predicted molar refractivity (Wildman–Crippen MR) is 60.7 cm³/mol. The lowest BCUT2D eigenvalue weighted by molar-refractivity contribution is -0.0444. The van der Waals surface area contributed by atoms with Crippen LogP contribution in [0.15, 0.2) is 0 Å². The molecule has 0 aliphatic carbocycles. The number of piperidine rings is 1. The molecule has 1 fully saturated rings. The maximum Gasteiger partial charge on any atom is 0.105 e.